The third kappa shape index (κ3) is 5.12. The molecule has 0 saturated carbocycles. The van der Waals surface area contributed by atoms with E-state index in [4.69, 9.17) is 5.11 Å². The van der Waals surface area contributed by atoms with Crippen molar-refractivity contribution < 1.29 is 14.7 Å². The second kappa shape index (κ2) is 6.92. The van der Waals surface area contributed by atoms with Gasteiger partial charge in [-0.05, 0) is 31.4 Å². The van der Waals surface area contributed by atoms with Crippen LogP contribution >= 0.6 is 0 Å². The number of rotatable bonds is 6. The fourth-order valence-electron chi connectivity index (χ4n) is 1.73. The molecular weight excluding hydrogens is 242 g/mol. The molecule has 0 unspecified atom stereocenters. The SMILES string of the molecule is Cc1ccc(N(CC(=O)O)C(=O)CCC(C)C)cc1. The molecule has 1 N–H and O–H groups in total. The Bertz CT molecular complexity index is 437. The van der Waals surface area contributed by atoms with Crippen LogP contribution in [0.25, 0.3) is 0 Å². The molecule has 0 fully saturated rings. The Balaban J connectivity index is 2.84. The highest BCUT2D eigenvalue weighted by Crippen LogP contribution is 2.17. The maximum absolute atomic E-state index is 12.1. The molecule has 1 amide bonds. The minimum Gasteiger partial charge on any atom is -0.480 e. The number of aliphatic carboxylic acids is 1. The molecule has 1 aromatic carbocycles. The molecule has 0 saturated heterocycles. The van der Waals surface area contributed by atoms with Gasteiger partial charge in [-0.2, -0.15) is 0 Å². The minimum atomic E-state index is -1.00. The number of carbonyl (C=O) groups excluding carboxylic acids is 1. The average Bonchev–Trinajstić information content (AvgIpc) is 2.34. The van der Waals surface area contributed by atoms with E-state index in [0.717, 1.165) is 12.0 Å². The summed E-state index contributed by atoms with van der Waals surface area (Å²) in [6.45, 7) is 5.74. The van der Waals surface area contributed by atoms with E-state index in [0.29, 0.717) is 18.0 Å². The highest BCUT2D eigenvalue weighted by Gasteiger charge is 2.18. The van der Waals surface area contributed by atoms with Crippen LogP contribution in [0.15, 0.2) is 24.3 Å². The van der Waals surface area contributed by atoms with Gasteiger partial charge in [-0.3, -0.25) is 9.59 Å². The molecule has 1 rings (SSSR count). The zero-order valence-corrected chi connectivity index (χ0v) is 11.7. The van der Waals surface area contributed by atoms with Gasteiger partial charge in [0.25, 0.3) is 0 Å². The van der Waals surface area contributed by atoms with E-state index in [2.05, 4.69) is 0 Å². The first-order chi connectivity index (χ1) is 8.90. The Morgan fingerprint density at radius 3 is 2.26 bits per heavy atom. The van der Waals surface area contributed by atoms with Crippen LogP contribution in [-0.4, -0.2) is 23.5 Å². The van der Waals surface area contributed by atoms with Crippen molar-refractivity contribution in [2.24, 2.45) is 5.92 Å². The molecule has 19 heavy (non-hydrogen) atoms. The molecule has 0 radical (unpaired) electrons. The zero-order valence-electron chi connectivity index (χ0n) is 11.7. The summed E-state index contributed by atoms with van der Waals surface area (Å²) in [6, 6.07) is 7.32. The fourth-order valence-corrected chi connectivity index (χ4v) is 1.73. The molecule has 4 nitrogen and oxygen atoms in total. The lowest BCUT2D eigenvalue weighted by atomic mass is 10.1. The molecule has 1 aromatic rings. The van der Waals surface area contributed by atoms with Gasteiger partial charge < -0.3 is 10.0 Å². The van der Waals surface area contributed by atoms with E-state index in [1.165, 1.54) is 4.90 Å². The Kier molecular flexibility index (Phi) is 5.55. The Labute approximate surface area is 114 Å². The van der Waals surface area contributed by atoms with Gasteiger partial charge in [-0.1, -0.05) is 31.5 Å². The van der Waals surface area contributed by atoms with Crippen molar-refractivity contribution in [3.05, 3.63) is 29.8 Å². The van der Waals surface area contributed by atoms with Gasteiger partial charge in [-0.15, -0.1) is 0 Å². The highest BCUT2D eigenvalue weighted by atomic mass is 16.4. The summed E-state index contributed by atoms with van der Waals surface area (Å²) >= 11 is 0. The van der Waals surface area contributed by atoms with E-state index in [9.17, 15) is 9.59 Å². The Morgan fingerprint density at radius 2 is 1.79 bits per heavy atom. The summed E-state index contributed by atoms with van der Waals surface area (Å²) in [7, 11) is 0. The number of hydrogen-bond acceptors (Lipinski definition) is 2. The summed E-state index contributed by atoms with van der Waals surface area (Å²) in [5.74, 6) is -0.716. The van der Waals surface area contributed by atoms with Gasteiger partial charge in [0.2, 0.25) is 5.91 Å². The molecule has 0 aliphatic rings. The van der Waals surface area contributed by atoms with Gasteiger partial charge in [0, 0.05) is 12.1 Å². The first kappa shape index (κ1) is 15.2. The first-order valence-corrected chi connectivity index (χ1v) is 6.49. The number of amides is 1. The van der Waals surface area contributed by atoms with Crippen LogP contribution in [0, 0.1) is 12.8 Å². The van der Waals surface area contributed by atoms with Gasteiger partial charge in [-0.25, -0.2) is 0 Å². The maximum atomic E-state index is 12.1. The quantitative estimate of drug-likeness (QED) is 0.858. The van der Waals surface area contributed by atoms with E-state index in [1.54, 1.807) is 12.1 Å². The van der Waals surface area contributed by atoms with Gasteiger partial charge in [0.05, 0.1) is 0 Å². The molecule has 0 bridgehead atoms. The summed E-state index contributed by atoms with van der Waals surface area (Å²) in [5.41, 5.74) is 1.72. The first-order valence-electron chi connectivity index (χ1n) is 6.49. The molecule has 4 heteroatoms. The lowest BCUT2D eigenvalue weighted by molar-refractivity contribution is -0.136. The topological polar surface area (TPSA) is 57.6 Å². The molecule has 0 spiro atoms. The van der Waals surface area contributed by atoms with Gasteiger partial charge in [0.1, 0.15) is 6.54 Å². The lowest BCUT2D eigenvalue weighted by Crippen LogP contribution is -2.35. The van der Waals surface area contributed by atoms with Crippen LogP contribution in [0.1, 0.15) is 32.3 Å². The van der Waals surface area contributed by atoms with Crippen LogP contribution < -0.4 is 4.90 Å². The number of carbonyl (C=O) groups is 2. The summed E-state index contributed by atoms with van der Waals surface area (Å²) in [4.78, 5) is 24.4. The average molecular weight is 263 g/mol. The predicted molar refractivity (Wildman–Crippen MR) is 75.2 cm³/mol. The molecule has 0 heterocycles. The third-order valence-electron chi connectivity index (χ3n) is 2.88. The molecule has 0 aliphatic carbocycles. The van der Waals surface area contributed by atoms with Gasteiger partial charge >= 0.3 is 5.97 Å². The number of carboxylic acid groups (broad SMARTS) is 1. The maximum Gasteiger partial charge on any atom is 0.323 e. The van der Waals surface area contributed by atoms with Crippen molar-refractivity contribution in [1.29, 1.82) is 0 Å². The van der Waals surface area contributed by atoms with E-state index < -0.39 is 5.97 Å². The van der Waals surface area contributed by atoms with Crippen molar-refractivity contribution in [1.82, 2.24) is 0 Å². The van der Waals surface area contributed by atoms with Crippen molar-refractivity contribution in [3.63, 3.8) is 0 Å². The molecular formula is C15H21NO3. The molecule has 0 aromatic heterocycles. The third-order valence-corrected chi connectivity index (χ3v) is 2.88. The standard InChI is InChI=1S/C15H21NO3/c1-11(2)4-9-14(17)16(10-15(18)19)13-7-5-12(3)6-8-13/h5-8,11H,4,9-10H2,1-3H3,(H,18,19). The number of benzene rings is 1. The minimum absolute atomic E-state index is 0.139. The summed E-state index contributed by atoms with van der Waals surface area (Å²) < 4.78 is 0. The smallest absolute Gasteiger partial charge is 0.323 e. The molecule has 104 valence electrons. The number of hydrogen-bond donors (Lipinski definition) is 1. The monoisotopic (exact) mass is 263 g/mol. The number of nitrogens with zero attached hydrogens (tertiary/aromatic N) is 1. The Hall–Kier alpha value is -1.84. The predicted octanol–water partition coefficient (Wildman–Crippen LogP) is 2.85. The van der Waals surface area contributed by atoms with E-state index >= 15 is 0 Å². The van der Waals surface area contributed by atoms with Crippen LogP contribution in [0.5, 0.6) is 0 Å². The molecule has 0 atom stereocenters. The number of aryl methyl sites for hydroxylation is 1. The lowest BCUT2D eigenvalue weighted by Gasteiger charge is -2.21. The highest BCUT2D eigenvalue weighted by molar-refractivity contribution is 5.97. The van der Waals surface area contributed by atoms with Crippen LogP contribution in [0.2, 0.25) is 0 Å². The van der Waals surface area contributed by atoms with Crippen molar-refractivity contribution in [2.75, 3.05) is 11.4 Å². The van der Waals surface area contributed by atoms with Crippen molar-refractivity contribution in [2.45, 2.75) is 33.6 Å². The second-order valence-corrected chi connectivity index (χ2v) is 5.14. The zero-order chi connectivity index (χ0) is 14.4. The van der Waals surface area contributed by atoms with Crippen molar-refractivity contribution in [3.8, 4) is 0 Å². The number of carboxylic acids is 1. The van der Waals surface area contributed by atoms with Crippen molar-refractivity contribution >= 4 is 17.6 Å². The Morgan fingerprint density at radius 1 is 1.21 bits per heavy atom. The second-order valence-electron chi connectivity index (χ2n) is 5.14. The largest absolute Gasteiger partial charge is 0.480 e. The van der Waals surface area contributed by atoms with Crippen LogP contribution in [0.4, 0.5) is 5.69 Å². The van der Waals surface area contributed by atoms with Gasteiger partial charge in [0.15, 0.2) is 0 Å². The van der Waals surface area contributed by atoms with E-state index in [1.807, 2.05) is 32.9 Å². The van der Waals surface area contributed by atoms with E-state index in [-0.39, 0.29) is 12.5 Å². The number of anilines is 1. The van der Waals surface area contributed by atoms with Crippen LogP contribution in [0.3, 0.4) is 0 Å². The van der Waals surface area contributed by atoms with Crippen LogP contribution in [-0.2, 0) is 9.59 Å². The summed E-state index contributed by atoms with van der Waals surface area (Å²) in [6.07, 6.45) is 1.14. The summed E-state index contributed by atoms with van der Waals surface area (Å²) in [5, 5.41) is 8.93. The fraction of sp³-hybridized carbons (Fsp3) is 0.467. The molecule has 0 aliphatic heterocycles. The normalized spacial score (nSPS) is 10.5.